The van der Waals surface area contributed by atoms with Gasteiger partial charge in [-0.2, -0.15) is 0 Å². The SMILES string of the molecule is COC(=O)[C@H]1CS[C@H](C(C)(C)C)O1. The Hall–Kier alpha value is -0.220. The molecule has 13 heavy (non-hydrogen) atoms. The molecular formula is C9H16O3S. The number of esters is 1. The molecule has 3 nitrogen and oxygen atoms in total. The standard InChI is InChI=1S/C9H16O3S/c1-9(2,3)8-12-6(5-13-8)7(10)11-4/h6,8H,5H2,1-4H3/t6-,8-/m1/s1. The Morgan fingerprint density at radius 3 is 2.54 bits per heavy atom. The molecule has 0 spiro atoms. The summed E-state index contributed by atoms with van der Waals surface area (Å²) in [5, 5.41) is 0. The van der Waals surface area contributed by atoms with Gasteiger partial charge in [0, 0.05) is 5.75 Å². The number of hydrogen-bond donors (Lipinski definition) is 0. The van der Waals surface area contributed by atoms with Crippen molar-refractivity contribution < 1.29 is 14.3 Å². The molecule has 2 atom stereocenters. The minimum Gasteiger partial charge on any atom is -0.467 e. The van der Waals surface area contributed by atoms with E-state index in [2.05, 4.69) is 25.5 Å². The maximum absolute atomic E-state index is 11.1. The average Bonchev–Trinajstić information content (AvgIpc) is 2.50. The van der Waals surface area contributed by atoms with Crippen LogP contribution >= 0.6 is 11.8 Å². The number of methoxy groups -OCH3 is 1. The fraction of sp³-hybridized carbons (Fsp3) is 0.889. The summed E-state index contributed by atoms with van der Waals surface area (Å²) >= 11 is 1.68. The van der Waals surface area contributed by atoms with E-state index in [1.165, 1.54) is 7.11 Å². The van der Waals surface area contributed by atoms with E-state index in [4.69, 9.17) is 4.74 Å². The van der Waals surface area contributed by atoms with Crippen LogP contribution in [0.25, 0.3) is 0 Å². The Balaban J connectivity index is 2.50. The van der Waals surface area contributed by atoms with Crippen molar-refractivity contribution >= 4 is 17.7 Å². The van der Waals surface area contributed by atoms with Gasteiger partial charge in [0.05, 0.1) is 7.11 Å². The van der Waals surface area contributed by atoms with Gasteiger partial charge >= 0.3 is 5.97 Å². The highest BCUT2D eigenvalue weighted by Gasteiger charge is 2.38. The summed E-state index contributed by atoms with van der Waals surface area (Å²) in [4.78, 5) is 11.1. The number of carbonyl (C=O) groups is 1. The Morgan fingerprint density at radius 2 is 2.15 bits per heavy atom. The van der Waals surface area contributed by atoms with E-state index >= 15 is 0 Å². The first-order valence-corrected chi connectivity index (χ1v) is 5.35. The first kappa shape index (κ1) is 10.9. The highest BCUT2D eigenvalue weighted by molar-refractivity contribution is 8.00. The van der Waals surface area contributed by atoms with Crippen LogP contribution in [0.3, 0.4) is 0 Å². The maximum Gasteiger partial charge on any atom is 0.335 e. The van der Waals surface area contributed by atoms with Gasteiger partial charge in [-0.15, -0.1) is 11.8 Å². The average molecular weight is 204 g/mol. The van der Waals surface area contributed by atoms with Crippen molar-refractivity contribution in [2.45, 2.75) is 32.3 Å². The summed E-state index contributed by atoms with van der Waals surface area (Å²) in [6.07, 6.45) is -0.376. The zero-order chi connectivity index (χ0) is 10.1. The van der Waals surface area contributed by atoms with Crippen LogP contribution in [0.15, 0.2) is 0 Å². The van der Waals surface area contributed by atoms with Gasteiger partial charge < -0.3 is 9.47 Å². The minimum atomic E-state index is -0.376. The predicted octanol–water partition coefficient (Wildman–Crippen LogP) is 1.66. The molecule has 0 saturated carbocycles. The number of rotatable bonds is 1. The molecule has 1 heterocycles. The molecule has 1 aliphatic rings. The van der Waals surface area contributed by atoms with Crippen LogP contribution in [0, 0.1) is 5.41 Å². The van der Waals surface area contributed by atoms with E-state index in [0.717, 1.165) is 0 Å². The van der Waals surface area contributed by atoms with Gasteiger partial charge in [0.25, 0.3) is 0 Å². The van der Waals surface area contributed by atoms with Crippen molar-refractivity contribution in [1.29, 1.82) is 0 Å². The molecule has 0 radical (unpaired) electrons. The topological polar surface area (TPSA) is 35.5 Å². The number of thioether (sulfide) groups is 1. The summed E-state index contributed by atoms with van der Waals surface area (Å²) in [5.41, 5.74) is 0.171. The van der Waals surface area contributed by atoms with Gasteiger partial charge in [0.15, 0.2) is 6.10 Å². The summed E-state index contributed by atoms with van der Waals surface area (Å²) in [7, 11) is 1.39. The first-order valence-electron chi connectivity index (χ1n) is 4.30. The van der Waals surface area contributed by atoms with Gasteiger partial charge in [-0.3, -0.25) is 0 Å². The van der Waals surface area contributed by atoms with Crippen molar-refractivity contribution in [2.75, 3.05) is 12.9 Å². The molecule has 0 aromatic rings. The lowest BCUT2D eigenvalue weighted by atomic mass is 9.98. The second kappa shape index (κ2) is 3.88. The zero-order valence-corrected chi connectivity index (χ0v) is 9.31. The Kier molecular flexibility index (Phi) is 3.24. The van der Waals surface area contributed by atoms with Crippen molar-refractivity contribution in [3.05, 3.63) is 0 Å². The quantitative estimate of drug-likeness (QED) is 0.609. The van der Waals surface area contributed by atoms with Crippen LogP contribution in [0.5, 0.6) is 0 Å². The van der Waals surface area contributed by atoms with Crippen molar-refractivity contribution in [1.82, 2.24) is 0 Å². The summed E-state index contributed by atoms with van der Waals surface area (Å²) in [5.74, 6) is 0.438. The van der Waals surface area contributed by atoms with Crippen molar-refractivity contribution in [3.8, 4) is 0 Å². The third-order valence-corrected chi connectivity index (χ3v) is 3.47. The fourth-order valence-corrected chi connectivity index (χ4v) is 2.39. The lowest BCUT2D eigenvalue weighted by molar-refractivity contribution is -0.154. The van der Waals surface area contributed by atoms with E-state index < -0.39 is 0 Å². The van der Waals surface area contributed by atoms with E-state index in [1.807, 2.05) is 0 Å². The van der Waals surface area contributed by atoms with Gasteiger partial charge in [-0.05, 0) is 5.41 Å². The molecule has 1 aliphatic heterocycles. The Morgan fingerprint density at radius 1 is 1.54 bits per heavy atom. The molecule has 76 valence electrons. The Labute approximate surface area is 83.2 Å². The lowest BCUT2D eigenvalue weighted by Crippen LogP contribution is -2.29. The largest absolute Gasteiger partial charge is 0.467 e. The fourth-order valence-electron chi connectivity index (χ4n) is 1.11. The molecule has 0 bridgehead atoms. The number of ether oxygens (including phenoxy) is 2. The number of carbonyl (C=O) groups excluding carboxylic acids is 1. The van der Waals surface area contributed by atoms with Crippen LogP contribution in [-0.2, 0) is 14.3 Å². The highest BCUT2D eigenvalue weighted by atomic mass is 32.2. The third-order valence-electron chi connectivity index (χ3n) is 1.86. The van der Waals surface area contributed by atoms with Crippen molar-refractivity contribution in [2.24, 2.45) is 5.41 Å². The minimum absolute atomic E-state index is 0.0768. The molecule has 0 aliphatic carbocycles. The molecule has 0 amide bonds. The molecule has 0 aromatic carbocycles. The third kappa shape index (κ3) is 2.61. The second-order valence-corrected chi connectivity index (χ2v) is 5.27. The van der Waals surface area contributed by atoms with E-state index in [1.54, 1.807) is 11.8 Å². The van der Waals surface area contributed by atoms with E-state index in [0.29, 0.717) is 5.75 Å². The molecular weight excluding hydrogens is 188 g/mol. The normalized spacial score (nSPS) is 28.9. The predicted molar refractivity (Wildman–Crippen MR) is 52.6 cm³/mol. The first-order chi connectivity index (χ1) is 5.95. The molecule has 0 N–H and O–H groups in total. The summed E-state index contributed by atoms with van der Waals surface area (Å²) in [6.45, 7) is 6.30. The molecule has 4 heteroatoms. The van der Waals surface area contributed by atoms with Crippen LogP contribution in [0.2, 0.25) is 0 Å². The van der Waals surface area contributed by atoms with Crippen LogP contribution in [0.4, 0.5) is 0 Å². The molecule has 1 rings (SSSR count). The van der Waals surface area contributed by atoms with Crippen molar-refractivity contribution in [3.63, 3.8) is 0 Å². The monoisotopic (exact) mass is 204 g/mol. The van der Waals surface area contributed by atoms with E-state index in [9.17, 15) is 4.79 Å². The summed E-state index contributed by atoms with van der Waals surface area (Å²) in [6, 6.07) is 0. The van der Waals surface area contributed by atoms with Crippen LogP contribution < -0.4 is 0 Å². The zero-order valence-electron chi connectivity index (χ0n) is 8.49. The second-order valence-electron chi connectivity index (χ2n) is 4.18. The molecule has 1 saturated heterocycles. The molecule has 0 aromatic heterocycles. The molecule has 1 fully saturated rings. The van der Waals surface area contributed by atoms with Gasteiger partial charge in [0.2, 0.25) is 0 Å². The van der Waals surface area contributed by atoms with E-state index in [-0.39, 0.29) is 22.9 Å². The smallest absolute Gasteiger partial charge is 0.335 e. The van der Waals surface area contributed by atoms with Gasteiger partial charge in [0.1, 0.15) is 5.44 Å². The van der Waals surface area contributed by atoms with Gasteiger partial charge in [-0.25, -0.2) is 4.79 Å². The summed E-state index contributed by atoms with van der Waals surface area (Å²) < 4.78 is 10.2. The Bertz CT molecular complexity index is 198. The lowest BCUT2D eigenvalue weighted by Gasteiger charge is -2.25. The highest BCUT2D eigenvalue weighted by Crippen LogP contribution is 2.37. The maximum atomic E-state index is 11.1. The van der Waals surface area contributed by atoms with Crippen LogP contribution in [0.1, 0.15) is 20.8 Å². The van der Waals surface area contributed by atoms with Gasteiger partial charge in [-0.1, -0.05) is 20.8 Å². The number of hydrogen-bond acceptors (Lipinski definition) is 4. The molecule has 0 unspecified atom stereocenters. The van der Waals surface area contributed by atoms with Crippen LogP contribution in [-0.4, -0.2) is 30.4 Å².